The van der Waals surface area contributed by atoms with Gasteiger partial charge in [0.05, 0.1) is 7.11 Å². The van der Waals surface area contributed by atoms with Gasteiger partial charge in [-0.05, 0) is 12.8 Å². The summed E-state index contributed by atoms with van der Waals surface area (Å²) in [7, 11) is 1.37. The molecule has 0 aliphatic carbocycles. The van der Waals surface area contributed by atoms with Crippen molar-refractivity contribution in [3.05, 3.63) is 0 Å². The van der Waals surface area contributed by atoms with Crippen molar-refractivity contribution in [3.63, 3.8) is 0 Å². The largest absolute Gasteiger partial charge is 0.469 e. The van der Waals surface area contributed by atoms with Crippen molar-refractivity contribution >= 4 is 11.8 Å². The van der Waals surface area contributed by atoms with Gasteiger partial charge in [0.15, 0.2) is 0 Å². The van der Waals surface area contributed by atoms with Gasteiger partial charge in [0.2, 0.25) is 0 Å². The van der Waals surface area contributed by atoms with Crippen molar-refractivity contribution in [1.29, 1.82) is 0 Å². The average Bonchev–Trinajstić information content (AvgIpc) is 2.11. The Balaban J connectivity index is 3.21. The molecule has 0 spiro atoms. The summed E-state index contributed by atoms with van der Waals surface area (Å²) in [5.41, 5.74) is 0. The minimum absolute atomic E-state index is 0.195. The summed E-state index contributed by atoms with van der Waals surface area (Å²) in [5, 5.41) is 0. The van der Waals surface area contributed by atoms with Crippen molar-refractivity contribution in [2.24, 2.45) is 0 Å². The first-order valence-electron chi connectivity index (χ1n) is 4.29. The van der Waals surface area contributed by atoms with Gasteiger partial charge in [-0.3, -0.25) is 9.59 Å². The van der Waals surface area contributed by atoms with E-state index in [4.69, 9.17) is 0 Å². The predicted molar refractivity (Wildman–Crippen MR) is 45.8 cm³/mol. The highest BCUT2D eigenvalue weighted by Gasteiger charge is 2.01. The summed E-state index contributed by atoms with van der Waals surface area (Å²) >= 11 is 0. The van der Waals surface area contributed by atoms with Crippen molar-refractivity contribution in [2.45, 2.75) is 39.0 Å². The topological polar surface area (TPSA) is 43.4 Å². The molecule has 0 fully saturated rings. The molecule has 0 bridgehead atoms. The number of carbonyl (C=O) groups excluding carboxylic acids is 2. The molecule has 0 amide bonds. The maximum atomic E-state index is 10.8. The quantitative estimate of drug-likeness (QED) is 0.452. The highest BCUT2D eigenvalue weighted by Crippen LogP contribution is 2.02. The van der Waals surface area contributed by atoms with Crippen molar-refractivity contribution in [3.8, 4) is 0 Å². The fourth-order valence-electron chi connectivity index (χ4n) is 0.870. The SMILES string of the molecule is CCC(=O)CCCCC(=O)OC. The number of hydrogen-bond acceptors (Lipinski definition) is 3. The number of unbranched alkanes of at least 4 members (excludes halogenated alkanes) is 1. The highest BCUT2D eigenvalue weighted by atomic mass is 16.5. The predicted octanol–water partition coefficient (Wildman–Crippen LogP) is 1.70. The smallest absolute Gasteiger partial charge is 0.305 e. The van der Waals surface area contributed by atoms with Gasteiger partial charge < -0.3 is 4.74 Å². The molecule has 0 saturated heterocycles. The third-order valence-electron chi connectivity index (χ3n) is 1.71. The Labute approximate surface area is 73.1 Å². The van der Waals surface area contributed by atoms with Crippen LogP contribution in [0.5, 0.6) is 0 Å². The minimum atomic E-state index is -0.195. The fraction of sp³-hybridized carbons (Fsp3) is 0.778. The number of hydrogen-bond donors (Lipinski definition) is 0. The summed E-state index contributed by atoms with van der Waals surface area (Å²) in [5.74, 6) is 0.0683. The third kappa shape index (κ3) is 5.89. The van der Waals surface area contributed by atoms with Crippen LogP contribution in [0.2, 0.25) is 0 Å². The molecule has 0 aromatic heterocycles. The lowest BCUT2D eigenvalue weighted by atomic mass is 10.1. The zero-order valence-electron chi connectivity index (χ0n) is 7.76. The molecule has 0 heterocycles. The molecule has 0 rings (SSSR count). The second-order valence-corrected chi connectivity index (χ2v) is 2.68. The van der Waals surface area contributed by atoms with Crippen LogP contribution in [0.4, 0.5) is 0 Å². The maximum Gasteiger partial charge on any atom is 0.305 e. The fourth-order valence-corrected chi connectivity index (χ4v) is 0.870. The Kier molecular flexibility index (Phi) is 6.34. The molecule has 3 heteroatoms. The number of rotatable bonds is 6. The molecule has 12 heavy (non-hydrogen) atoms. The third-order valence-corrected chi connectivity index (χ3v) is 1.71. The Morgan fingerprint density at radius 1 is 1.17 bits per heavy atom. The zero-order valence-corrected chi connectivity index (χ0v) is 7.76. The van der Waals surface area contributed by atoms with Gasteiger partial charge in [-0.2, -0.15) is 0 Å². The van der Waals surface area contributed by atoms with Gasteiger partial charge in [-0.25, -0.2) is 0 Å². The van der Waals surface area contributed by atoms with Crippen molar-refractivity contribution in [1.82, 2.24) is 0 Å². The Morgan fingerprint density at radius 2 is 1.75 bits per heavy atom. The molecule has 0 unspecified atom stereocenters. The number of ether oxygens (including phenoxy) is 1. The van der Waals surface area contributed by atoms with Gasteiger partial charge >= 0.3 is 5.97 Å². The molecule has 70 valence electrons. The molecule has 0 aliphatic heterocycles. The van der Waals surface area contributed by atoms with Crippen LogP contribution in [0.15, 0.2) is 0 Å². The minimum Gasteiger partial charge on any atom is -0.469 e. The van der Waals surface area contributed by atoms with E-state index in [0.29, 0.717) is 19.3 Å². The summed E-state index contributed by atoms with van der Waals surface area (Å²) in [6.45, 7) is 1.85. The van der Waals surface area contributed by atoms with Gasteiger partial charge in [-0.15, -0.1) is 0 Å². The first kappa shape index (κ1) is 11.1. The number of carbonyl (C=O) groups is 2. The number of methoxy groups -OCH3 is 1. The van der Waals surface area contributed by atoms with Crippen LogP contribution < -0.4 is 0 Å². The lowest BCUT2D eigenvalue weighted by Gasteiger charge is -1.98. The van der Waals surface area contributed by atoms with E-state index in [1.807, 2.05) is 6.92 Å². The van der Waals surface area contributed by atoms with Crippen LogP contribution in [0, 0.1) is 0 Å². The zero-order chi connectivity index (χ0) is 9.40. The van der Waals surface area contributed by atoms with Crippen molar-refractivity contribution < 1.29 is 14.3 Å². The molecule has 0 aromatic carbocycles. The Hall–Kier alpha value is -0.860. The van der Waals surface area contributed by atoms with E-state index < -0.39 is 0 Å². The first-order valence-corrected chi connectivity index (χ1v) is 4.29. The van der Waals surface area contributed by atoms with E-state index in [1.54, 1.807) is 0 Å². The van der Waals surface area contributed by atoms with Crippen LogP contribution in [-0.2, 0) is 14.3 Å². The standard InChI is InChI=1S/C9H16O3/c1-3-8(10)6-4-5-7-9(11)12-2/h3-7H2,1-2H3. The van der Waals surface area contributed by atoms with Crippen LogP contribution in [-0.4, -0.2) is 18.9 Å². The molecule has 0 saturated carbocycles. The number of esters is 1. The van der Waals surface area contributed by atoms with E-state index >= 15 is 0 Å². The lowest BCUT2D eigenvalue weighted by Crippen LogP contribution is -2.00. The molecule has 0 radical (unpaired) electrons. The average molecular weight is 172 g/mol. The van der Waals surface area contributed by atoms with Crippen LogP contribution >= 0.6 is 0 Å². The molecule has 0 atom stereocenters. The van der Waals surface area contributed by atoms with Gasteiger partial charge in [0, 0.05) is 19.3 Å². The second kappa shape index (κ2) is 6.83. The van der Waals surface area contributed by atoms with E-state index in [9.17, 15) is 9.59 Å². The number of Topliss-reactive ketones (excluding diaryl/α,β-unsaturated/α-hetero) is 1. The van der Waals surface area contributed by atoms with Gasteiger partial charge in [0.25, 0.3) is 0 Å². The number of ketones is 1. The monoisotopic (exact) mass is 172 g/mol. The van der Waals surface area contributed by atoms with E-state index in [0.717, 1.165) is 12.8 Å². The van der Waals surface area contributed by atoms with Gasteiger partial charge in [0.1, 0.15) is 5.78 Å². The Morgan fingerprint density at radius 3 is 2.25 bits per heavy atom. The second-order valence-electron chi connectivity index (χ2n) is 2.68. The van der Waals surface area contributed by atoms with Crippen molar-refractivity contribution in [2.75, 3.05) is 7.11 Å². The lowest BCUT2D eigenvalue weighted by molar-refractivity contribution is -0.140. The molecule has 3 nitrogen and oxygen atoms in total. The summed E-state index contributed by atoms with van der Waals surface area (Å²) in [6, 6.07) is 0. The first-order chi connectivity index (χ1) is 5.70. The van der Waals surface area contributed by atoms with Crippen LogP contribution in [0.3, 0.4) is 0 Å². The molecule has 0 aliphatic rings. The Bertz CT molecular complexity index is 134. The van der Waals surface area contributed by atoms with E-state index in [-0.39, 0.29) is 11.8 Å². The normalized spacial score (nSPS) is 9.50. The molecule has 0 aromatic rings. The molecular formula is C9H16O3. The van der Waals surface area contributed by atoms with E-state index in [1.165, 1.54) is 7.11 Å². The molecule has 0 N–H and O–H groups in total. The van der Waals surface area contributed by atoms with Crippen LogP contribution in [0.25, 0.3) is 0 Å². The summed E-state index contributed by atoms with van der Waals surface area (Å²) < 4.78 is 4.46. The highest BCUT2D eigenvalue weighted by molar-refractivity contribution is 5.78. The summed E-state index contributed by atoms with van der Waals surface area (Å²) in [6.07, 6.45) is 3.15. The van der Waals surface area contributed by atoms with E-state index in [2.05, 4.69) is 4.74 Å². The maximum absolute atomic E-state index is 10.8. The van der Waals surface area contributed by atoms with Gasteiger partial charge in [-0.1, -0.05) is 6.92 Å². The molecular weight excluding hydrogens is 156 g/mol. The summed E-state index contributed by atoms with van der Waals surface area (Å²) in [4.78, 5) is 21.4. The van der Waals surface area contributed by atoms with Crippen LogP contribution in [0.1, 0.15) is 39.0 Å².